The van der Waals surface area contributed by atoms with Gasteiger partial charge in [-0.2, -0.15) is 0 Å². The maximum absolute atomic E-state index is 11.5. The molecule has 0 aliphatic heterocycles. The Labute approximate surface area is 150 Å². The maximum Gasteiger partial charge on any atom is 0.126 e. The Morgan fingerprint density at radius 3 is 2.08 bits per heavy atom. The molecule has 0 heterocycles. The lowest BCUT2D eigenvalue weighted by molar-refractivity contribution is -0.118. The fourth-order valence-corrected chi connectivity index (χ4v) is 5.04. The van der Waals surface area contributed by atoms with Crippen molar-refractivity contribution >= 4 is 6.29 Å². The first-order valence-electron chi connectivity index (χ1n) is 11.0. The van der Waals surface area contributed by atoms with Crippen molar-refractivity contribution in [3.63, 3.8) is 0 Å². The molecule has 2 heteroatoms. The number of unbranched alkanes of at least 4 members (excludes halogenated alkanes) is 5. The third-order valence-corrected chi connectivity index (χ3v) is 6.82. The molecule has 0 bridgehead atoms. The summed E-state index contributed by atoms with van der Waals surface area (Å²) >= 11 is 0. The molecular weight excluding hydrogens is 294 g/mol. The van der Waals surface area contributed by atoms with Crippen LogP contribution in [0.1, 0.15) is 116 Å². The Hall–Kier alpha value is -0.370. The summed E-state index contributed by atoms with van der Waals surface area (Å²) in [7, 11) is 0. The predicted molar refractivity (Wildman–Crippen MR) is 103 cm³/mol. The topological polar surface area (TPSA) is 43.1 Å². The number of hydrogen-bond acceptors (Lipinski definition) is 2. The molecule has 0 aromatic rings. The number of rotatable bonds is 11. The lowest BCUT2D eigenvalue weighted by Crippen LogP contribution is -2.31. The lowest BCUT2D eigenvalue weighted by atomic mass is 9.72. The fourth-order valence-electron chi connectivity index (χ4n) is 5.04. The van der Waals surface area contributed by atoms with Gasteiger partial charge in [-0.05, 0) is 44.4 Å². The second-order valence-corrected chi connectivity index (χ2v) is 8.76. The van der Waals surface area contributed by atoms with Gasteiger partial charge in [0.15, 0.2) is 0 Å². The highest BCUT2D eigenvalue weighted by molar-refractivity contribution is 5.59. The van der Waals surface area contributed by atoms with Crippen molar-refractivity contribution in [1.82, 2.24) is 0 Å². The molecule has 140 valence electrons. The molecule has 2 aliphatic carbocycles. The summed E-state index contributed by atoms with van der Waals surface area (Å²) in [4.78, 5) is 11.5. The van der Waals surface area contributed by atoms with E-state index in [1.165, 1.54) is 103 Å². The van der Waals surface area contributed by atoms with Crippen LogP contribution in [0.2, 0.25) is 0 Å². The van der Waals surface area contributed by atoms with Crippen molar-refractivity contribution in [3.8, 4) is 0 Å². The van der Waals surface area contributed by atoms with Crippen LogP contribution in [-0.4, -0.2) is 12.3 Å². The molecule has 0 saturated heterocycles. The zero-order valence-electron chi connectivity index (χ0n) is 15.9. The van der Waals surface area contributed by atoms with Crippen LogP contribution >= 0.6 is 0 Å². The Kier molecular flexibility index (Phi) is 9.38. The average Bonchev–Trinajstić information content (AvgIpc) is 2.65. The summed E-state index contributed by atoms with van der Waals surface area (Å²) in [5.74, 6) is 0.814. The van der Waals surface area contributed by atoms with Crippen LogP contribution in [0, 0.1) is 11.3 Å². The molecule has 1 atom stereocenters. The van der Waals surface area contributed by atoms with Gasteiger partial charge >= 0.3 is 0 Å². The minimum Gasteiger partial charge on any atom is -0.327 e. The summed E-state index contributed by atoms with van der Waals surface area (Å²) in [6.45, 7) is 0. The number of nitrogens with two attached hydrogens (primary N) is 1. The molecule has 2 rings (SSSR count). The first kappa shape index (κ1) is 19.9. The van der Waals surface area contributed by atoms with Gasteiger partial charge in [-0.1, -0.05) is 77.0 Å². The van der Waals surface area contributed by atoms with E-state index in [0.717, 1.165) is 25.2 Å². The molecule has 0 spiro atoms. The predicted octanol–water partition coefficient (Wildman–Crippen LogP) is 6.16. The summed E-state index contributed by atoms with van der Waals surface area (Å²) < 4.78 is 0. The van der Waals surface area contributed by atoms with E-state index in [4.69, 9.17) is 5.73 Å². The SMILES string of the molecule is NC(CCCCCCCCC1(C=O)CCCCC1)C1CCCCC1. The third kappa shape index (κ3) is 6.86. The molecule has 2 saturated carbocycles. The maximum atomic E-state index is 11.5. The van der Waals surface area contributed by atoms with E-state index in [-0.39, 0.29) is 5.41 Å². The van der Waals surface area contributed by atoms with Crippen molar-refractivity contribution in [2.75, 3.05) is 0 Å². The lowest BCUT2D eigenvalue weighted by Gasteiger charge is -2.32. The van der Waals surface area contributed by atoms with Gasteiger partial charge in [-0.3, -0.25) is 0 Å². The normalized spacial score (nSPS) is 23.0. The second-order valence-electron chi connectivity index (χ2n) is 8.76. The zero-order valence-corrected chi connectivity index (χ0v) is 15.9. The van der Waals surface area contributed by atoms with Crippen LogP contribution in [0.15, 0.2) is 0 Å². The largest absolute Gasteiger partial charge is 0.327 e. The van der Waals surface area contributed by atoms with Gasteiger partial charge in [0.2, 0.25) is 0 Å². The average molecular weight is 336 g/mol. The van der Waals surface area contributed by atoms with Gasteiger partial charge < -0.3 is 10.5 Å². The summed E-state index contributed by atoms with van der Waals surface area (Å²) in [5.41, 5.74) is 6.45. The summed E-state index contributed by atoms with van der Waals surface area (Å²) in [6.07, 6.45) is 24.7. The minimum absolute atomic E-state index is 0.0605. The number of carbonyl (C=O) groups is 1. The van der Waals surface area contributed by atoms with Crippen LogP contribution in [0.5, 0.6) is 0 Å². The van der Waals surface area contributed by atoms with E-state index in [9.17, 15) is 4.79 Å². The van der Waals surface area contributed by atoms with Crippen LogP contribution in [0.25, 0.3) is 0 Å². The first-order chi connectivity index (χ1) is 11.8. The van der Waals surface area contributed by atoms with E-state index in [1.807, 2.05) is 0 Å². The van der Waals surface area contributed by atoms with Gasteiger partial charge in [0.25, 0.3) is 0 Å². The van der Waals surface area contributed by atoms with E-state index < -0.39 is 0 Å². The van der Waals surface area contributed by atoms with Crippen LogP contribution in [0.4, 0.5) is 0 Å². The molecule has 2 fully saturated rings. The highest BCUT2D eigenvalue weighted by Crippen LogP contribution is 2.38. The Morgan fingerprint density at radius 2 is 1.42 bits per heavy atom. The number of carbonyl (C=O) groups excluding carboxylic acids is 1. The smallest absolute Gasteiger partial charge is 0.126 e. The number of aldehydes is 1. The van der Waals surface area contributed by atoms with E-state index in [2.05, 4.69) is 0 Å². The van der Waals surface area contributed by atoms with E-state index in [0.29, 0.717) is 6.04 Å². The standard InChI is InChI=1S/C22H41NO/c23-21(20-13-7-5-8-14-20)15-9-3-1-2-4-10-16-22(19-24)17-11-6-12-18-22/h19-21H,1-18,23H2. The third-order valence-electron chi connectivity index (χ3n) is 6.82. The molecule has 0 amide bonds. The Balaban J connectivity index is 1.44. The molecule has 2 aliphatic rings. The fraction of sp³-hybridized carbons (Fsp3) is 0.955. The molecule has 0 aromatic carbocycles. The Morgan fingerprint density at radius 1 is 0.833 bits per heavy atom. The van der Waals surface area contributed by atoms with Crippen LogP contribution in [-0.2, 0) is 4.79 Å². The van der Waals surface area contributed by atoms with Crippen molar-refractivity contribution in [2.45, 2.75) is 122 Å². The molecular formula is C22H41NO. The van der Waals surface area contributed by atoms with E-state index >= 15 is 0 Å². The Bertz CT molecular complexity index is 329. The van der Waals surface area contributed by atoms with Crippen molar-refractivity contribution in [1.29, 1.82) is 0 Å². The van der Waals surface area contributed by atoms with Crippen molar-refractivity contribution in [3.05, 3.63) is 0 Å². The molecule has 0 aromatic heterocycles. The molecule has 24 heavy (non-hydrogen) atoms. The molecule has 0 radical (unpaired) electrons. The minimum atomic E-state index is 0.0605. The van der Waals surface area contributed by atoms with Gasteiger partial charge in [-0.25, -0.2) is 0 Å². The van der Waals surface area contributed by atoms with Crippen LogP contribution < -0.4 is 5.73 Å². The summed E-state index contributed by atoms with van der Waals surface area (Å²) in [5, 5.41) is 0. The van der Waals surface area contributed by atoms with Gasteiger partial charge in [-0.15, -0.1) is 0 Å². The second kappa shape index (κ2) is 11.3. The molecule has 2 nitrogen and oxygen atoms in total. The highest BCUT2D eigenvalue weighted by atomic mass is 16.1. The quantitative estimate of drug-likeness (QED) is 0.363. The molecule has 1 unspecified atom stereocenters. The monoisotopic (exact) mass is 335 g/mol. The van der Waals surface area contributed by atoms with Crippen LogP contribution in [0.3, 0.4) is 0 Å². The van der Waals surface area contributed by atoms with Crippen molar-refractivity contribution < 1.29 is 4.79 Å². The molecule has 2 N–H and O–H groups in total. The van der Waals surface area contributed by atoms with Gasteiger partial charge in [0.1, 0.15) is 6.29 Å². The number of hydrogen-bond donors (Lipinski definition) is 1. The highest BCUT2D eigenvalue weighted by Gasteiger charge is 2.30. The van der Waals surface area contributed by atoms with E-state index in [1.54, 1.807) is 0 Å². The zero-order chi connectivity index (χ0) is 17.1. The first-order valence-corrected chi connectivity index (χ1v) is 11.0. The van der Waals surface area contributed by atoms with Crippen molar-refractivity contribution in [2.24, 2.45) is 17.1 Å². The summed E-state index contributed by atoms with van der Waals surface area (Å²) in [6, 6.07) is 0.462. The van der Waals surface area contributed by atoms with Gasteiger partial charge in [0.05, 0.1) is 0 Å². The van der Waals surface area contributed by atoms with Gasteiger partial charge in [0, 0.05) is 11.5 Å².